The number of fused-ring (bicyclic) bond motifs is 1. The molecule has 0 aliphatic carbocycles. The molecule has 3 aromatic rings. The van der Waals surface area contributed by atoms with E-state index in [1.54, 1.807) is 32.9 Å². The zero-order valence-corrected chi connectivity index (χ0v) is 24.1. The van der Waals surface area contributed by atoms with Crippen LogP contribution in [0.4, 0.5) is 22.0 Å². The number of ether oxygens (including phenoxy) is 2. The number of anilines is 3. The smallest absolute Gasteiger partial charge is 0.413 e. The molecule has 1 saturated heterocycles. The maximum atomic E-state index is 13.4. The molecule has 1 fully saturated rings. The number of carbonyl (C=O) groups excluding carboxylic acids is 2. The van der Waals surface area contributed by atoms with Gasteiger partial charge in [0.1, 0.15) is 29.0 Å². The van der Waals surface area contributed by atoms with Crippen molar-refractivity contribution in [3.8, 4) is 17.2 Å². The fourth-order valence-electron chi connectivity index (χ4n) is 5.09. The third-order valence-electron chi connectivity index (χ3n) is 7.02. The standard InChI is InChI=1S/C30H37N5O6/c1-29(2,3)41-28(38)34-25-13-19(6-9-31-25)27-33-22(17-39-27)26(37)32-21-12-20-15-30(4,5)40-24(20)14-23(21)35-10-7-18(16-36)8-11-35/h6,9,12-14,17-18,36H,7-8,10-11,15-16H2,1-5H3,(H,32,37)(H,31,34,38). The van der Waals surface area contributed by atoms with Crippen molar-refractivity contribution in [3.63, 3.8) is 0 Å². The molecule has 2 amide bonds. The first-order valence-electron chi connectivity index (χ1n) is 13.8. The molecule has 1 aromatic carbocycles. The van der Waals surface area contributed by atoms with Crippen LogP contribution in [0.25, 0.3) is 11.5 Å². The number of nitrogens with one attached hydrogen (secondary N) is 2. The number of nitrogens with zero attached hydrogens (tertiary/aromatic N) is 3. The lowest BCUT2D eigenvalue weighted by Crippen LogP contribution is -2.35. The highest BCUT2D eigenvalue weighted by atomic mass is 16.6. The van der Waals surface area contributed by atoms with Crippen LogP contribution in [-0.2, 0) is 11.2 Å². The summed E-state index contributed by atoms with van der Waals surface area (Å²) < 4.78 is 17.1. The van der Waals surface area contributed by atoms with E-state index in [1.165, 1.54) is 12.5 Å². The van der Waals surface area contributed by atoms with Gasteiger partial charge in [0.05, 0.1) is 11.4 Å². The minimum Gasteiger partial charge on any atom is -0.487 e. The summed E-state index contributed by atoms with van der Waals surface area (Å²) in [6.45, 7) is 11.1. The van der Waals surface area contributed by atoms with Gasteiger partial charge in [0, 0.05) is 49.5 Å². The second-order valence-electron chi connectivity index (χ2n) is 12.2. The van der Waals surface area contributed by atoms with Gasteiger partial charge in [-0.15, -0.1) is 0 Å². The number of hydrogen-bond donors (Lipinski definition) is 3. The Morgan fingerprint density at radius 2 is 1.93 bits per heavy atom. The number of carbonyl (C=O) groups is 2. The second-order valence-corrected chi connectivity index (χ2v) is 12.2. The highest BCUT2D eigenvalue weighted by molar-refractivity contribution is 6.05. The normalized spacial score (nSPS) is 16.6. The Labute approximate surface area is 239 Å². The molecule has 11 nitrogen and oxygen atoms in total. The van der Waals surface area contributed by atoms with E-state index in [-0.39, 0.29) is 35.5 Å². The van der Waals surface area contributed by atoms with Crippen LogP contribution in [0.15, 0.2) is 41.1 Å². The van der Waals surface area contributed by atoms with Crippen molar-refractivity contribution < 1.29 is 28.6 Å². The Bertz CT molecular complexity index is 1440. The molecule has 4 heterocycles. The molecule has 41 heavy (non-hydrogen) atoms. The van der Waals surface area contributed by atoms with Crippen LogP contribution in [0.1, 0.15) is 63.5 Å². The largest absolute Gasteiger partial charge is 0.487 e. The van der Waals surface area contributed by atoms with Crippen molar-refractivity contribution >= 4 is 29.2 Å². The van der Waals surface area contributed by atoms with E-state index in [1.807, 2.05) is 26.0 Å². The molecule has 218 valence electrons. The van der Waals surface area contributed by atoms with Crippen LogP contribution >= 0.6 is 0 Å². The molecular weight excluding hydrogens is 526 g/mol. The van der Waals surface area contributed by atoms with Crippen molar-refractivity contribution in [2.24, 2.45) is 5.92 Å². The topological polar surface area (TPSA) is 139 Å². The molecule has 2 aliphatic heterocycles. The lowest BCUT2D eigenvalue weighted by molar-refractivity contribution is 0.0635. The maximum Gasteiger partial charge on any atom is 0.413 e. The Morgan fingerprint density at radius 3 is 2.63 bits per heavy atom. The molecule has 0 saturated carbocycles. The average Bonchev–Trinajstić information content (AvgIpc) is 3.51. The Morgan fingerprint density at radius 1 is 1.17 bits per heavy atom. The number of piperidine rings is 1. The summed E-state index contributed by atoms with van der Waals surface area (Å²) in [7, 11) is 0. The second kappa shape index (κ2) is 11.0. The molecule has 5 rings (SSSR count). The van der Waals surface area contributed by atoms with Gasteiger partial charge < -0.3 is 29.2 Å². The lowest BCUT2D eigenvalue weighted by Gasteiger charge is -2.34. The van der Waals surface area contributed by atoms with Crippen molar-refractivity contribution in [1.29, 1.82) is 0 Å². The summed E-state index contributed by atoms with van der Waals surface area (Å²) in [5, 5.41) is 15.2. The number of amides is 2. The van der Waals surface area contributed by atoms with E-state index >= 15 is 0 Å². The van der Waals surface area contributed by atoms with Crippen molar-refractivity contribution in [3.05, 3.63) is 48.0 Å². The molecule has 0 unspecified atom stereocenters. The molecule has 3 N–H and O–H groups in total. The Balaban J connectivity index is 1.34. The number of aliphatic hydroxyl groups excluding tert-OH is 1. The van der Waals surface area contributed by atoms with Crippen molar-refractivity contribution in [2.45, 2.75) is 65.1 Å². The number of aliphatic hydroxyl groups is 1. The van der Waals surface area contributed by atoms with E-state index < -0.39 is 17.6 Å². The summed E-state index contributed by atoms with van der Waals surface area (Å²) in [5.74, 6) is 1.17. The van der Waals surface area contributed by atoms with Gasteiger partial charge >= 0.3 is 6.09 Å². The van der Waals surface area contributed by atoms with Crippen molar-refractivity contribution in [2.75, 3.05) is 35.2 Å². The van der Waals surface area contributed by atoms with Crippen LogP contribution in [0.2, 0.25) is 0 Å². The van der Waals surface area contributed by atoms with Crippen LogP contribution in [0, 0.1) is 5.92 Å². The van der Waals surface area contributed by atoms with Gasteiger partial charge in [0.2, 0.25) is 5.89 Å². The summed E-state index contributed by atoms with van der Waals surface area (Å²) >= 11 is 0. The van der Waals surface area contributed by atoms with Gasteiger partial charge in [-0.05, 0) is 71.6 Å². The molecule has 11 heteroatoms. The molecular formula is C30H37N5O6. The number of benzene rings is 1. The summed E-state index contributed by atoms with van der Waals surface area (Å²) in [6.07, 6.45) is 4.65. The van der Waals surface area contributed by atoms with Gasteiger partial charge in [-0.1, -0.05) is 0 Å². The molecule has 0 radical (unpaired) electrons. The first-order chi connectivity index (χ1) is 19.4. The quantitative estimate of drug-likeness (QED) is 0.366. The highest BCUT2D eigenvalue weighted by Crippen LogP contribution is 2.42. The first-order valence-corrected chi connectivity index (χ1v) is 13.8. The third-order valence-corrected chi connectivity index (χ3v) is 7.02. The Hall–Kier alpha value is -4.12. The van der Waals surface area contributed by atoms with Gasteiger partial charge in [-0.25, -0.2) is 14.8 Å². The van der Waals surface area contributed by atoms with E-state index in [0.717, 1.165) is 49.4 Å². The fraction of sp³-hybridized carbons (Fsp3) is 0.467. The zero-order chi connectivity index (χ0) is 29.4. The third kappa shape index (κ3) is 6.79. The predicted octanol–water partition coefficient (Wildman–Crippen LogP) is 5.26. The molecule has 0 atom stereocenters. The van der Waals surface area contributed by atoms with E-state index in [9.17, 15) is 14.7 Å². The summed E-state index contributed by atoms with van der Waals surface area (Å²) in [6, 6.07) is 7.25. The van der Waals surface area contributed by atoms with E-state index in [2.05, 4.69) is 25.5 Å². The highest BCUT2D eigenvalue weighted by Gasteiger charge is 2.33. The minimum atomic E-state index is -0.649. The van der Waals surface area contributed by atoms with Gasteiger partial charge in [0.25, 0.3) is 5.91 Å². The van der Waals surface area contributed by atoms with Crippen LogP contribution in [0.5, 0.6) is 5.75 Å². The lowest BCUT2D eigenvalue weighted by atomic mass is 9.96. The fourth-order valence-corrected chi connectivity index (χ4v) is 5.09. The summed E-state index contributed by atoms with van der Waals surface area (Å²) in [4.78, 5) is 36.3. The molecule has 0 spiro atoms. The SMILES string of the molecule is CC(C)(C)OC(=O)Nc1cc(-c2nc(C(=O)Nc3cc4c(cc3N3CCC(CO)CC3)OC(C)(C)C4)co2)ccn1. The van der Waals surface area contributed by atoms with Crippen molar-refractivity contribution in [1.82, 2.24) is 9.97 Å². The Kier molecular flexibility index (Phi) is 7.65. The minimum absolute atomic E-state index is 0.112. The first kappa shape index (κ1) is 28.4. The van der Waals surface area contributed by atoms with Gasteiger partial charge in [-0.2, -0.15) is 0 Å². The number of pyridine rings is 1. The maximum absolute atomic E-state index is 13.4. The average molecular weight is 564 g/mol. The molecule has 2 aromatic heterocycles. The molecule has 0 bridgehead atoms. The van der Waals surface area contributed by atoms with Crippen LogP contribution in [-0.4, -0.2) is 58.0 Å². The predicted molar refractivity (Wildman–Crippen MR) is 154 cm³/mol. The van der Waals surface area contributed by atoms with Gasteiger partial charge in [-0.3, -0.25) is 10.1 Å². The monoisotopic (exact) mass is 563 g/mol. The van der Waals surface area contributed by atoms with E-state index in [4.69, 9.17) is 13.9 Å². The number of aromatic nitrogens is 2. The van der Waals surface area contributed by atoms with E-state index in [0.29, 0.717) is 11.3 Å². The van der Waals surface area contributed by atoms with Crippen LogP contribution in [0.3, 0.4) is 0 Å². The number of oxazole rings is 1. The zero-order valence-electron chi connectivity index (χ0n) is 24.1. The number of hydrogen-bond acceptors (Lipinski definition) is 9. The summed E-state index contributed by atoms with van der Waals surface area (Å²) in [5.41, 5.74) is 2.26. The van der Waals surface area contributed by atoms with Crippen LogP contribution < -0.4 is 20.3 Å². The molecule has 2 aliphatic rings. The van der Waals surface area contributed by atoms with Gasteiger partial charge in [0.15, 0.2) is 5.69 Å². The number of rotatable bonds is 6.